The molecular formula is C22H23Cl2NO3. The van der Waals surface area contributed by atoms with Crippen molar-refractivity contribution in [2.24, 2.45) is 5.92 Å². The van der Waals surface area contributed by atoms with E-state index in [9.17, 15) is 4.79 Å². The molecule has 0 spiro atoms. The van der Waals surface area contributed by atoms with Gasteiger partial charge < -0.3 is 15.2 Å². The lowest BCUT2D eigenvalue weighted by atomic mass is 9.79. The molecule has 2 aliphatic rings. The van der Waals surface area contributed by atoms with Crippen LogP contribution in [0.2, 0.25) is 10.0 Å². The quantitative estimate of drug-likeness (QED) is 0.699. The number of nitrogens with one attached hydrogen (secondary N) is 1. The zero-order chi connectivity index (χ0) is 19.7. The smallest absolute Gasteiger partial charge is 0.306 e. The third-order valence-corrected chi connectivity index (χ3v) is 6.52. The highest BCUT2D eigenvalue weighted by Gasteiger charge is 2.35. The first-order valence-corrected chi connectivity index (χ1v) is 10.4. The Hall–Kier alpha value is -1.75. The largest absolute Gasteiger partial charge is 0.489 e. The van der Waals surface area contributed by atoms with Crippen molar-refractivity contribution >= 4 is 29.2 Å². The van der Waals surface area contributed by atoms with Gasteiger partial charge in [0.2, 0.25) is 0 Å². The van der Waals surface area contributed by atoms with Crippen molar-refractivity contribution in [2.75, 3.05) is 0 Å². The van der Waals surface area contributed by atoms with E-state index in [-0.39, 0.29) is 5.92 Å². The minimum atomic E-state index is -0.669. The van der Waals surface area contributed by atoms with Crippen LogP contribution < -0.4 is 10.1 Å². The predicted octanol–water partition coefficient (Wildman–Crippen LogP) is 4.88. The van der Waals surface area contributed by atoms with E-state index in [4.69, 9.17) is 33.0 Å². The number of benzene rings is 2. The normalized spacial score (nSPS) is 23.6. The summed E-state index contributed by atoms with van der Waals surface area (Å²) >= 11 is 12.4. The van der Waals surface area contributed by atoms with Crippen molar-refractivity contribution in [3.63, 3.8) is 0 Å². The van der Waals surface area contributed by atoms with Crippen LogP contribution in [0.5, 0.6) is 5.75 Å². The van der Waals surface area contributed by atoms with Crippen molar-refractivity contribution in [2.45, 2.75) is 50.8 Å². The van der Waals surface area contributed by atoms with Crippen molar-refractivity contribution in [1.82, 2.24) is 5.32 Å². The molecule has 2 aromatic carbocycles. The van der Waals surface area contributed by atoms with Gasteiger partial charge in [0, 0.05) is 27.7 Å². The van der Waals surface area contributed by atoms with Gasteiger partial charge in [0.25, 0.3) is 0 Å². The number of aliphatic carboxylic acids is 1. The molecule has 1 atom stereocenters. The lowest BCUT2D eigenvalue weighted by molar-refractivity contribution is -0.145. The number of hydrogen-bond donors (Lipinski definition) is 2. The molecule has 2 aromatic rings. The zero-order valence-corrected chi connectivity index (χ0v) is 17.0. The summed E-state index contributed by atoms with van der Waals surface area (Å²) in [5.74, 6) is -0.0122. The van der Waals surface area contributed by atoms with Crippen molar-refractivity contribution in [3.05, 3.63) is 63.1 Å². The number of carboxylic acids is 1. The average Bonchev–Trinajstić information content (AvgIpc) is 2.63. The monoisotopic (exact) mass is 419 g/mol. The van der Waals surface area contributed by atoms with E-state index in [2.05, 4.69) is 17.4 Å². The molecule has 2 N–H and O–H groups in total. The summed E-state index contributed by atoms with van der Waals surface area (Å²) in [6.45, 7) is 0.341. The number of ether oxygens (including phenoxy) is 1. The Labute approximate surface area is 174 Å². The van der Waals surface area contributed by atoms with Crippen LogP contribution in [0.4, 0.5) is 0 Å². The molecular weight excluding hydrogens is 397 g/mol. The summed E-state index contributed by atoms with van der Waals surface area (Å²) in [6, 6.07) is 12.4. The van der Waals surface area contributed by atoms with Crippen LogP contribution in [0.1, 0.15) is 36.0 Å². The average molecular weight is 420 g/mol. The molecule has 0 amide bonds. The number of aryl methyl sites for hydroxylation is 1. The molecule has 148 valence electrons. The molecule has 4 rings (SSSR count). The Kier molecular flexibility index (Phi) is 5.81. The minimum Gasteiger partial charge on any atom is -0.489 e. The summed E-state index contributed by atoms with van der Waals surface area (Å²) in [4.78, 5) is 10.9. The van der Waals surface area contributed by atoms with Gasteiger partial charge in [-0.1, -0.05) is 35.3 Å². The van der Waals surface area contributed by atoms with E-state index in [1.54, 1.807) is 0 Å². The zero-order valence-electron chi connectivity index (χ0n) is 15.5. The summed E-state index contributed by atoms with van der Waals surface area (Å²) in [5.41, 5.74) is 3.45. The van der Waals surface area contributed by atoms with Gasteiger partial charge in [-0.2, -0.15) is 0 Å². The molecule has 1 fully saturated rings. The Morgan fingerprint density at radius 3 is 2.57 bits per heavy atom. The van der Waals surface area contributed by atoms with E-state index in [1.165, 1.54) is 11.1 Å². The van der Waals surface area contributed by atoms with Crippen LogP contribution in [0.3, 0.4) is 0 Å². The summed E-state index contributed by atoms with van der Waals surface area (Å²) < 4.78 is 5.93. The fourth-order valence-electron chi connectivity index (χ4n) is 4.08. The van der Waals surface area contributed by atoms with Crippen LogP contribution in [0.25, 0.3) is 0 Å². The number of hydrogen-bond acceptors (Lipinski definition) is 3. The highest BCUT2D eigenvalue weighted by Crippen LogP contribution is 2.31. The topological polar surface area (TPSA) is 58.6 Å². The van der Waals surface area contributed by atoms with Gasteiger partial charge in [-0.25, -0.2) is 0 Å². The van der Waals surface area contributed by atoms with Gasteiger partial charge in [-0.3, -0.25) is 4.79 Å². The number of carbonyl (C=O) groups is 1. The van der Waals surface area contributed by atoms with E-state index < -0.39 is 5.97 Å². The lowest BCUT2D eigenvalue weighted by Crippen LogP contribution is -2.49. The predicted molar refractivity (Wildman–Crippen MR) is 110 cm³/mol. The van der Waals surface area contributed by atoms with Crippen LogP contribution in [0, 0.1) is 5.92 Å². The Morgan fingerprint density at radius 1 is 1.11 bits per heavy atom. The summed E-state index contributed by atoms with van der Waals surface area (Å²) in [7, 11) is 0. The number of rotatable bonds is 6. The molecule has 1 saturated carbocycles. The van der Waals surface area contributed by atoms with Gasteiger partial charge in [0.1, 0.15) is 12.4 Å². The minimum absolute atomic E-state index is 0.167. The standard InChI is InChI=1S/C22H23Cl2NO3/c23-20-2-1-3-21(24)19(20)12-28-18-7-5-13-8-16(6-4-14(13)11-18)25-17-9-15(10-17)22(26)27/h1-3,5,7,11,15-17,25H,4,6,8-10,12H2,(H,26,27). The maximum Gasteiger partial charge on any atom is 0.306 e. The van der Waals surface area contributed by atoms with Crippen LogP contribution in [-0.4, -0.2) is 23.2 Å². The first-order chi connectivity index (χ1) is 13.5. The van der Waals surface area contributed by atoms with Gasteiger partial charge in [0.05, 0.1) is 5.92 Å². The second-order valence-corrected chi connectivity index (χ2v) is 8.54. The fourth-order valence-corrected chi connectivity index (χ4v) is 4.58. The third kappa shape index (κ3) is 4.29. The highest BCUT2D eigenvalue weighted by atomic mass is 35.5. The van der Waals surface area contributed by atoms with Gasteiger partial charge >= 0.3 is 5.97 Å². The Balaban J connectivity index is 1.33. The summed E-state index contributed by atoms with van der Waals surface area (Å²) in [5, 5.41) is 13.9. The molecule has 1 unspecified atom stereocenters. The lowest BCUT2D eigenvalue weighted by Gasteiger charge is -2.37. The molecule has 2 aliphatic carbocycles. The van der Waals surface area contributed by atoms with Crippen molar-refractivity contribution in [1.29, 1.82) is 0 Å². The van der Waals surface area contributed by atoms with E-state index in [0.717, 1.165) is 43.4 Å². The molecule has 0 aliphatic heterocycles. The maximum atomic E-state index is 10.9. The molecule has 6 heteroatoms. The van der Waals surface area contributed by atoms with E-state index in [1.807, 2.05) is 24.3 Å². The van der Waals surface area contributed by atoms with Crippen LogP contribution in [-0.2, 0) is 24.2 Å². The molecule has 28 heavy (non-hydrogen) atoms. The Bertz CT molecular complexity index is 860. The molecule has 0 bridgehead atoms. The fraction of sp³-hybridized carbons (Fsp3) is 0.409. The highest BCUT2D eigenvalue weighted by molar-refractivity contribution is 6.35. The molecule has 0 heterocycles. The Morgan fingerprint density at radius 2 is 1.86 bits per heavy atom. The van der Waals surface area contributed by atoms with E-state index >= 15 is 0 Å². The van der Waals surface area contributed by atoms with Crippen LogP contribution >= 0.6 is 23.2 Å². The summed E-state index contributed by atoms with van der Waals surface area (Å²) in [6.07, 6.45) is 4.51. The first-order valence-electron chi connectivity index (χ1n) is 9.66. The number of fused-ring (bicyclic) bond motifs is 1. The molecule has 0 radical (unpaired) electrons. The van der Waals surface area contributed by atoms with Crippen molar-refractivity contribution < 1.29 is 14.6 Å². The van der Waals surface area contributed by atoms with Gasteiger partial charge in [0.15, 0.2) is 0 Å². The molecule has 0 aromatic heterocycles. The number of halogens is 2. The SMILES string of the molecule is O=C(O)C1CC(NC2CCc3cc(OCc4c(Cl)cccc4Cl)ccc3C2)C1. The second-order valence-electron chi connectivity index (χ2n) is 7.73. The molecule has 4 nitrogen and oxygen atoms in total. The van der Waals surface area contributed by atoms with E-state index in [0.29, 0.717) is 28.7 Å². The van der Waals surface area contributed by atoms with Gasteiger partial charge in [-0.15, -0.1) is 0 Å². The molecule has 0 saturated heterocycles. The maximum absolute atomic E-state index is 10.9. The van der Waals surface area contributed by atoms with Crippen molar-refractivity contribution in [3.8, 4) is 5.75 Å². The third-order valence-electron chi connectivity index (χ3n) is 5.81. The van der Waals surface area contributed by atoms with Crippen LogP contribution in [0.15, 0.2) is 36.4 Å². The van der Waals surface area contributed by atoms with Gasteiger partial charge in [-0.05, 0) is 67.5 Å². The second kappa shape index (κ2) is 8.32. The first kappa shape index (κ1) is 19.6. The number of carboxylic acid groups (broad SMARTS) is 1.